The van der Waals surface area contributed by atoms with E-state index in [1.807, 2.05) is 0 Å². The zero-order valence-electron chi connectivity index (χ0n) is 7.24. The van der Waals surface area contributed by atoms with E-state index in [0.29, 0.717) is 15.6 Å². The molecule has 0 spiro atoms. The van der Waals surface area contributed by atoms with Crippen LogP contribution >= 0.6 is 11.3 Å². The highest BCUT2D eigenvalue weighted by atomic mass is 32.1. The Morgan fingerprint density at radius 3 is 2.86 bits per heavy atom. The van der Waals surface area contributed by atoms with E-state index in [1.165, 1.54) is 12.1 Å². The third kappa shape index (κ3) is 1.09. The van der Waals surface area contributed by atoms with Crippen LogP contribution in [0.5, 0.6) is 5.75 Å². The molecular weight excluding hydrogens is 205 g/mol. The van der Waals surface area contributed by atoms with Crippen LogP contribution in [0, 0.1) is 17.6 Å². The van der Waals surface area contributed by atoms with Crippen molar-refractivity contribution in [1.29, 1.82) is 0 Å². The summed E-state index contributed by atoms with van der Waals surface area (Å²) in [6, 6.07) is 2.71. The van der Waals surface area contributed by atoms with Crippen LogP contribution in [0.3, 0.4) is 0 Å². The number of benzene rings is 1. The van der Waals surface area contributed by atoms with Crippen LogP contribution in [-0.2, 0) is 0 Å². The first-order valence-electron chi connectivity index (χ1n) is 3.89. The molecule has 0 bridgehead atoms. The van der Waals surface area contributed by atoms with Gasteiger partial charge >= 0.3 is 0 Å². The van der Waals surface area contributed by atoms with E-state index in [-0.39, 0.29) is 16.6 Å². The second-order valence-electron chi connectivity index (χ2n) is 2.90. The number of hydrogen-bond donors (Lipinski definition) is 1. The van der Waals surface area contributed by atoms with Gasteiger partial charge < -0.3 is 5.11 Å². The van der Waals surface area contributed by atoms with Crippen molar-refractivity contribution >= 4 is 26.4 Å². The summed E-state index contributed by atoms with van der Waals surface area (Å²) in [5.41, 5.74) is 0.428. The van der Waals surface area contributed by atoms with Gasteiger partial charge in [-0.2, -0.15) is 0 Å². The van der Waals surface area contributed by atoms with Gasteiger partial charge in [-0.3, -0.25) is 0 Å². The largest absolute Gasteiger partial charge is 0.504 e. The number of aryl methyl sites for hydroxylation is 1. The molecule has 0 aliphatic heterocycles. The summed E-state index contributed by atoms with van der Waals surface area (Å²) in [6.45, 7) is 1.60. The molecular formula is C9H6FNO2S. The zero-order valence-corrected chi connectivity index (χ0v) is 8.06. The fourth-order valence-electron chi connectivity index (χ4n) is 1.31. The van der Waals surface area contributed by atoms with Crippen molar-refractivity contribution in [3.63, 3.8) is 0 Å². The van der Waals surface area contributed by atoms with E-state index in [9.17, 15) is 14.4 Å². The van der Waals surface area contributed by atoms with Gasteiger partial charge in [0.2, 0.25) is 5.00 Å². The van der Waals surface area contributed by atoms with Crippen LogP contribution in [0.4, 0.5) is 9.39 Å². The predicted molar refractivity (Wildman–Crippen MR) is 53.6 cm³/mol. The first-order valence-corrected chi connectivity index (χ1v) is 4.70. The molecule has 0 aliphatic rings. The highest BCUT2D eigenvalue weighted by Gasteiger charge is 2.14. The van der Waals surface area contributed by atoms with Gasteiger partial charge in [-0.25, -0.2) is 4.39 Å². The molecule has 0 unspecified atom stereocenters. The lowest BCUT2D eigenvalue weighted by atomic mass is 10.1. The summed E-state index contributed by atoms with van der Waals surface area (Å²) >= 11 is 0.996. The summed E-state index contributed by atoms with van der Waals surface area (Å²) in [4.78, 5) is 10.3. The van der Waals surface area contributed by atoms with E-state index in [1.54, 1.807) is 6.92 Å². The number of halogens is 1. The Bertz CT molecular complexity index is 521. The van der Waals surface area contributed by atoms with Gasteiger partial charge in [-0.1, -0.05) is 0 Å². The molecule has 0 fully saturated rings. The highest BCUT2D eigenvalue weighted by molar-refractivity contribution is 7.23. The molecule has 1 heterocycles. The molecule has 0 aliphatic carbocycles. The number of hydrogen-bond acceptors (Lipinski definition) is 4. The van der Waals surface area contributed by atoms with Crippen molar-refractivity contribution in [2.24, 2.45) is 5.18 Å². The standard InChI is InChI=1S/C9H6FNO2S/c1-4-6(10)3-2-5-7(12)9(11-13)14-8(4)5/h2-3,12H,1H3. The molecule has 5 heteroatoms. The molecule has 0 radical (unpaired) electrons. The van der Waals surface area contributed by atoms with Crippen molar-refractivity contribution in [3.8, 4) is 5.75 Å². The molecule has 14 heavy (non-hydrogen) atoms. The van der Waals surface area contributed by atoms with E-state index in [4.69, 9.17) is 0 Å². The Kier molecular flexibility index (Phi) is 1.96. The van der Waals surface area contributed by atoms with Gasteiger partial charge in [0.25, 0.3) is 0 Å². The number of fused-ring (bicyclic) bond motifs is 1. The summed E-state index contributed by atoms with van der Waals surface area (Å²) in [7, 11) is 0. The molecule has 72 valence electrons. The van der Waals surface area contributed by atoms with Gasteiger partial charge in [-0.15, -0.1) is 16.2 Å². The molecule has 1 N–H and O–H groups in total. The summed E-state index contributed by atoms with van der Waals surface area (Å²) in [5.74, 6) is -0.515. The van der Waals surface area contributed by atoms with Crippen LogP contribution in [0.25, 0.3) is 10.1 Å². The maximum Gasteiger partial charge on any atom is 0.203 e. The topological polar surface area (TPSA) is 49.7 Å². The lowest BCUT2D eigenvalue weighted by Gasteiger charge is -1.96. The number of nitroso groups, excluding NO2 is 1. The minimum Gasteiger partial charge on any atom is -0.504 e. The lowest BCUT2D eigenvalue weighted by molar-refractivity contribution is 0.485. The normalized spacial score (nSPS) is 10.7. The Hall–Kier alpha value is -1.49. The first-order chi connectivity index (χ1) is 6.65. The average molecular weight is 211 g/mol. The zero-order chi connectivity index (χ0) is 10.3. The van der Waals surface area contributed by atoms with Crippen LogP contribution < -0.4 is 0 Å². The van der Waals surface area contributed by atoms with Crippen LogP contribution in [0.2, 0.25) is 0 Å². The first kappa shape index (κ1) is 9.08. The van der Waals surface area contributed by atoms with Crippen molar-refractivity contribution < 1.29 is 9.50 Å². The van der Waals surface area contributed by atoms with E-state index >= 15 is 0 Å². The van der Waals surface area contributed by atoms with Gasteiger partial charge in [0, 0.05) is 15.6 Å². The fourth-order valence-corrected chi connectivity index (χ4v) is 2.27. The number of aromatic hydroxyl groups is 1. The molecule has 0 saturated heterocycles. The number of thiophene rings is 1. The lowest BCUT2D eigenvalue weighted by Crippen LogP contribution is -1.79. The highest BCUT2D eigenvalue weighted by Crippen LogP contribution is 2.44. The summed E-state index contributed by atoms with van der Waals surface area (Å²) < 4.78 is 13.7. The molecule has 2 rings (SSSR count). The second-order valence-corrected chi connectivity index (χ2v) is 3.90. The maximum absolute atomic E-state index is 13.1. The summed E-state index contributed by atoms with van der Waals surface area (Å²) in [6.07, 6.45) is 0. The minimum atomic E-state index is -0.351. The van der Waals surface area contributed by atoms with Crippen LogP contribution in [0.15, 0.2) is 17.3 Å². The monoisotopic (exact) mass is 211 g/mol. The quantitative estimate of drug-likeness (QED) is 0.734. The average Bonchev–Trinajstić information content (AvgIpc) is 2.50. The second kappa shape index (κ2) is 3.02. The number of nitrogens with zero attached hydrogens (tertiary/aromatic N) is 1. The maximum atomic E-state index is 13.1. The molecule has 0 amide bonds. The molecule has 3 nitrogen and oxygen atoms in total. The van der Waals surface area contributed by atoms with E-state index in [0.717, 1.165) is 11.3 Å². The van der Waals surface area contributed by atoms with Crippen molar-refractivity contribution in [3.05, 3.63) is 28.4 Å². The Balaban J connectivity index is 2.91. The van der Waals surface area contributed by atoms with Gasteiger partial charge in [-0.05, 0) is 24.2 Å². The molecule has 1 aromatic heterocycles. The van der Waals surface area contributed by atoms with E-state index in [2.05, 4.69) is 5.18 Å². The number of rotatable bonds is 1. The van der Waals surface area contributed by atoms with E-state index < -0.39 is 0 Å². The minimum absolute atomic E-state index is 0.00583. The fraction of sp³-hybridized carbons (Fsp3) is 0.111. The third-order valence-electron chi connectivity index (χ3n) is 2.08. The predicted octanol–water partition coefficient (Wildman–Crippen LogP) is 3.45. The van der Waals surface area contributed by atoms with Crippen molar-refractivity contribution in [1.82, 2.24) is 0 Å². The van der Waals surface area contributed by atoms with Gasteiger partial charge in [0.05, 0.1) is 0 Å². The molecule has 0 atom stereocenters. The van der Waals surface area contributed by atoms with Crippen molar-refractivity contribution in [2.75, 3.05) is 0 Å². The van der Waals surface area contributed by atoms with Crippen molar-refractivity contribution in [2.45, 2.75) is 6.92 Å². The van der Waals surface area contributed by atoms with Gasteiger partial charge in [0.15, 0.2) is 5.75 Å². The Morgan fingerprint density at radius 2 is 2.21 bits per heavy atom. The Labute approximate surface area is 82.8 Å². The smallest absolute Gasteiger partial charge is 0.203 e. The molecule has 1 aromatic carbocycles. The molecule has 0 saturated carbocycles. The third-order valence-corrected chi connectivity index (χ3v) is 3.27. The SMILES string of the molecule is Cc1c(F)ccc2c(O)c(N=O)sc12. The Morgan fingerprint density at radius 1 is 1.50 bits per heavy atom. The van der Waals surface area contributed by atoms with Crippen LogP contribution in [0.1, 0.15) is 5.56 Å². The van der Waals surface area contributed by atoms with Crippen LogP contribution in [-0.4, -0.2) is 5.11 Å². The summed E-state index contributed by atoms with van der Waals surface area (Å²) in [5, 5.41) is 12.6. The molecule has 2 aromatic rings. The van der Waals surface area contributed by atoms with Gasteiger partial charge in [0.1, 0.15) is 5.82 Å².